The van der Waals surface area contributed by atoms with Gasteiger partial charge in [-0.25, -0.2) is 4.79 Å². The topological polar surface area (TPSA) is 74.8 Å². The summed E-state index contributed by atoms with van der Waals surface area (Å²) < 4.78 is 4.98. The lowest BCUT2D eigenvalue weighted by Crippen LogP contribution is -2.48. The van der Waals surface area contributed by atoms with Crippen molar-refractivity contribution in [3.63, 3.8) is 0 Å². The summed E-state index contributed by atoms with van der Waals surface area (Å²) in [6.45, 7) is 10.0. The molecule has 6 nitrogen and oxygen atoms in total. The number of rotatable bonds is 9. The van der Waals surface area contributed by atoms with Gasteiger partial charge in [-0.3, -0.25) is 4.99 Å². The highest BCUT2D eigenvalue weighted by Crippen LogP contribution is 2.16. The summed E-state index contributed by atoms with van der Waals surface area (Å²) in [4.78, 5) is 16.0. The fourth-order valence-corrected chi connectivity index (χ4v) is 3.25. The Balaban J connectivity index is 0.00000625. The Labute approximate surface area is 178 Å². The van der Waals surface area contributed by atoms with Crippen LogP contribution in [-0.2, 0) is 4.74 Å². The molecule has 0 aliphatic heterocycles. The summed E-state index contributed by atoms with van der Waals surface area (Å²) in [7, 11) is 1.75. The molecule has 0 saturated heterocycles. The second kappa shape index (κ2) is 14.1. The van der Waals surface area contributed by atoms with Gasteiger partial charge in [-0.1, -0.05) is 20.8 Å². The molecule has 2 unspecified atom stereocenters. The lowest BCUT2D eigenvalue weighted by molar-refractivity contribution is 0.146. The SMILES string of the molecule is CCOC(=O)NC(CNC(=NC)NCC(C)c1ccsc1)CC(C)C.I. The normalized spacial score (nSPS) is 13.5. The smallest absolute Gasteiger partial charge is 0.407 e. The minimum atomic E-state index is -0.371. The fourth-order valence-electron chi connectivity index (χ4n) is 2.47. The first-order valence-corrected chi connectivity index (χ1v) is 9.80. The largest absolute Gasteiger partial charge is 0.450 e. The number of hydrogen-bond acceptors (Lipinski definition) is 4. The maximum atomic E-state index is 11.7. The molecular formula is C18H33IN4O2S. The summed E-state index contributed by atoms with van der Waals surface area (Å²) in [5.74, 6) is 1.62. The Hall–Kier alpha value is -1.03. The molecule has 150 valence electrons. The zero-order chi connectivity index (χ0) is 18.7. The van der Waals surface area contributed by atoms with E-state index < -0.39 is 0 Å². The van der Waals surface area contributed by atoms with Crippen molar-refractivity contribution in [2.75, 3.05) is 26.7 Å². The molecule has 26 heavy (non-hydrogen) atoms. The van der Waals surface area contributed by atoms with Gasteiger partial charge < -0.3 is 20.7 Å². The van der Waals surface area contributed by atoms with Crippen LogP contribution in [0, 0.1) is 5.92 Å². The molecule has 1 aromatic heterocycles. The van der Waals surface area contributed by atoms with Crippen LogP contribution in [0.1, 0.15) is 45.6 Å². The van der Waals surface area contributed by atoms with Crippen LogP contribution in [0.5, 0.6) is 0 Å². The Morgan fingerprint density at radius 1 is 1.27 bits per heavy atom. The predicted octanol–water partition coefficient (Wildman–Crippen LogP) is 3.80. The monoisotopic (exact) mass is 496 g/mol. The van der Waals surface area contributed by atoms with E-state index in [1.54, 1.807) is 25.3 Å². The van der Waals surface area contributed by atoms with Crippen LogP contribution in [0.25, 0.3) is 0 Å². The second-order valence-electron chi connectivity index (χ2n) is 6.48. The van der Waals surface area contributed by atoms with Gasteiger partial charge in [0, 0.05) is 26.2 Å². The van der Waals surface area contributed by atoms with E-state index >= 15 is 0 Å². The van der Waals surface area contributed by atoms with Gasteiger partial charge in [-0.15, -0.1) is 24.0 Å². The van der Waals surface area contributed by atoms with E-state index in [1.165, 1.54) is 5.56 Å². The number of ether oxygens (including phenoxy) is 1. The number of amides is 1. The van der Waals surface area contributed by atoms with Gasteiger partial charge in [-0.2, -0.15) is 11.3 Å². The van der Waals surface area contributed by atoms with E-state index in [0.717, 1.165) is 18.9 Å². The molecule has 3 N–H and O–H groups in total. The first-order valence-electron chi connectivity index (χ1n) is 8.86. The van der Waals surface area contributed by atoms with E-state index in [2.05, 4.69) is 58.5 Å². The molecule has 0 aliphatic rings. The molecule has 1 amide bonds. The zero-order valence-corrected chi connectivity index (χ0v) is 19.5. The van der Waals surface area contributed by atoms with Gasteiger partial charge in [-0.05, 0) is 47.6 Å². The Morgan fingerprint density at radius 3 is 2.50 bits per heavy atom. The van der Waals surface area contributed by atoms with Gasteiger partial charge in [0.05, 0.1) is 6.61 Å². The number of aliphatic imine (C=N–C) groups is 1. The summed E-state index contributed by atoms with van der Waals surface area (Å²) in [5.41, 5.74) is 1.33. The molecule has 8 heteroatoms. The van der Waals surface area contributed by atoms with Crippen molar-refractivity contribution in [3.05, 3.63) is 22.4 Å². The number of thiophene rings is 1. The minimum absolute atomic E-state index is 0. The van der Waals surface area contributed by atoms with E-state index in [-0.39, 0.29) is 36.1 Å². The van der Waals surface area contributed by atoms with Crippen LogP contribution in [-0.4, -0.2) is 44.8 Å². The van der Waals surface area contributed by atoms with Crippen LogP contribution in [0.15, 0.2) is 21.8 Å². The molecule has 0 spiro atoms. The van der Waals surface area contributed by atoms with Crippen LogP contribution in [0.2, 0.25) is 0 Å². The number of nitrogens with one attached hydrogen (secondary N) is 3. The van der Waals surface area contributed by atoms with E-state index in [9.17, 15) is 4.79 Å². The summed E-state index contributed by atoms with van der Waals surface area (Å²) in [6.07, 6.45) is 0.498. The highest BCUT2D eigenvalue weighted by molar-refractivity contribution is 14.0. The molecule has 0 bridgehead atoms. The van der Waals surface area contributed by atoms with Gasteiger partial charge >= 0.3 is 6.09 Å². The fraction of sp³-hybridized carbons (Fsp3) is 0.667. The third kappa shape index (κ3) is 10.2. The highest BCUT2D eigenvalue weighted by Gasteiger charge is 2.15. The molecule has 0 aliphatic carbocycles. The molecule has 0 saturated carbocycles. The predicted molar refractivity (Wildman–Crippen MR) is 121 cm³/mol. The zero-order valence-electron chi connectivity index (χ0n) is 16.4. The first kappa shape index (κ1) is 25.0. The molecule has 0 fully saturated rings. The van der Waals surface area contributed by atoms with E-state index in [4.69, 9.17) is 4.74 Å². The molecular weight excluding hydrogens is 463 g/mol. The van der Waals surface area contributed by atoms with Crippen LogP contribution in [0.4, 0.5) is 4.79 Å². The van der Waals surface area contributed by atoms with Crippen molar-refractivity contribution >= 4 is 47.4 Å². The molecule has 1 aromatic rings. The molecule has 1 heterocycles. The number of carbonyl (C=O) groups is 1. The third-order valence-electron chi connectivity index (χ3n) is 3.78. The number of alkyl carbamates (subject to hydrolysis) is 1. The van der Waals surface area contributed by atoms with Crippen LogP contribution >= 0.6 is 35.3 Å². The van der Waals surface area contributed by atoms with Gasteiger partial charge in [0.25, 0.3) is 0 Å². The van der Waals surface area contributed by atoms with Crippen LogP contribution in [0.3, 0.4) is 0 Å². The lowest BCUT2D eigenvalue weighted by Gasteiger charge is -2.22. The van der Waals surface area contributed by atoms with Crippen molar-refractivity contribution < 1.29 is 9.53 Å². The third-order valence-corrected chi connectivity index (χ3v) is 4.48. The molecule has 1 rings (SSSR count). The van der Waals surface area contributed by atoms with Crippen molar-refractivity contribution in [2.45, 2.75) is 46.1 Å². The van der Waals surface area contributed by atoms with E-state index in [1.807, 2.05) is 0 Å². The number of hydrogen-bond donors (Lipinski definition) is 3. The van der Waals surface area contributed by atoms with E-state index in [0.29, 0.717) is 25.0 Å². The summed E-state index contributed by atoms with van der Waals surface area (Å²) in [5, 5.41) is 13.8. The summed E-state index contributed by atoms with van der Waals surface area (Å²) >= 11 is 1.71. The minimum Gasteiger partial charge on any atom is -0.450 e. The van der Waals surface area contributed by atoms with Crippen molar-refractivity contribution in [3.8, 4) is 0 Å². The summed E-state index contributed by atoms with van der Waals surface area (Å²) in [6, 6.07) is 2.14. The highest BCUT2D eigenvalue weighted by atomic mass is 127. The lowest BCUT2D eigenvalue weighted by atomic mass is 10.0. The molecule has 2 atom stereocenters. The molecule has 0 aromatic carbocycles. The molecule has 0 radical (unpaired) electrons. The van der Waals surface area contributed by atoms with Crippen LogP contribution < -0.4 is 16.0 Å². The maximum Gasteiger partial charge on any atom is 0.407 e. The van der Waals surface area contributed by atoms with Crippen molar-refractivity contribution in [2.24, 2.45) is 10.9 Å². The average Bonchev–Trinajstić information content (AvgIpc) is 3.08. The Morgan fingerprint density at radius 2 is 1.96 bits per heavy atom. The Bertz CT molecular complexity index is 523. The number of guanidine groups is 1. The maximum absolute atomic E-state index is 11.7. The van der Waals surface area contributed by atoms with Crippen molar-refractivity contribution in [1.82, 2.24) is 16.0 Å². The number of halogens is 1. The number of nitrogens with zero attached hydrogens (tertiary/aromatic N) is 1. The average molecular weight is 496 g/mol. The quantitative estimate of drug-likeness (QED) is 0.276. The van der Waals surface area contributed by atoms with Gasteiger partial charge in [0.1, 0.15) is 0 Å². The van der Waals surface area contributed by atoms with Crippen molar-refractivity contribution in [1.29, 1.82) is 0 Å². The number of carbonyl (C=O) groups excluding carboxylic acids is 1. The first-order chi connectivity index (χ1) is 12.0. The Kier molecular flexibility index (Phi) is 13.5. The second-order valence-corrected chi connectivity index (χ2v) is 7.26. The van der Waals surface area contributed by atoms with Gasteiger partial charge in [0.2, 0.25) is 0 Å². The standard InChI is InChI=1S/C18H32N4O2S.HI/c1-6-24-18(23)22-16(9-13(2)3)11-21-17(19-5)20-10-14(4)15-7-8-25-12-15;/h7-8,12-14,16H,6,9-11H2,1-5H3,(H,22,23)(H2,19,20,21);1H. The van der Waals surface area contributed by atoms with Gasteiger partial charge in [0.15, 0.2) is 5.96 Å².